The molecule has 1 fully saturated rings. The molecule has 1 aromatic heterocycles. The minimum atomic E-state index is 0.00609. The fraction of sp³-hybridized carbons (Fsp3) is 0.500. The summed E-state index contributed by atoms with van der Waals surface area (Å²) in [6.45, 7) is 3.73. The number of nitrogens with zero attached hydrogens (tertiary/aromatic N) is 1. The van der Waals surface area contributed by atoms with Gasteiger partial charge in [0, 0.05) is 24.9 Å². The Morgan fingerprint density at radius 2 is 2.24 bits per heavy atom. The zero-order chi connectivity index (χ0) is 12.3. The molecule has 5 heteroatoms. The number of nitrogens with two attached hydrogens (primary N) is 1. The van der Waals surface area contributed by atoms with E-state index in [4.69, 9.17) is 22.7 Å². The molecular weight excluding hydrogens is 234 g/mol. The zero-order valence-electron chi connectivity index (χ0n) is 9.90. The van der Waals surface area contributed by atoms with E-state index in [1.807, 2.05) is 12.1 Å². The summed E-state index contributed by atoms with van der Waals surface area (Å²) in [6, 6.07) is 3.73. The van der Waals surface area contributed by atoms with Crippen LogP contribution in [0.5, 0.6) is 0 Å². The molecule has 0 aromatic carbocycles. The lowest BCUT2D eigenvalue weighted by Gasteiger charge is -2.35. The highest BCUT2D eigenvalue weighted by atomic mass is 32.1. The summed E-state index contributed by atoms with van der Waals surface area (Å²) in [5.74, 6) is 0.768. The molecule has 1 aromatic rings. The molecule has 17 heavy (non-hydrogen) atoms. The maximum Gasteiger partial charge on any atom is 0.136 e. The molecule has 0 spiro atoms. The maximum atomic E-state index is 5.69. The molecule has 0 atom stereocenters. The largest absolute Gasteiger partial charge is 0.389 e. The average molecular weight is 251 g/mol. The SMILES string of the molecule is CC1(Nc2ncccc2C(N)=S)CCOCC1. The topological polar surface area (TPSA) is 60.2 Å². The molecule has 1 aliphatic heterocycles. The maximum absolute atomic E-state index is 5.69. The number of hydrogen-bond donors (Lipinski definition) is 2. The predicted octanol–water partition coefficient (Wildman–Crippen LogP) is 1.70. The van der Waals surface area contributed by atoms with Gasteiger partial charge in [0.1, 0.15) is 10.8 Å². The van der Waals surface area contributed by atoms with E-state index in [1.165, 1.54) is 0 Å². The summed E-state index contributed by atoms with van der Waals surface area (Å²) in [5.41, 5.74) is 6.50. The molecule has 92 valence electrons. The minimum absolute atomic E-state index is 0.00609. The van der Waals surface area contributed by atoms with Crippen LogP contribution in [-0.2, 0) is 4.74 Å². The quantitative estimate of drug-likeness (QED) is 0.801. The van der Waals surface area contributed by atoms with E-state index >= 15 is 0 Å². The highest BCUT2D eigenvalue weighted by molar-refractivity contribution is 7.80. The number of anilines is 1. The first-order chi connectivity index (χ1) is 8.11. The molecule has 1 saturated heterocycles. The molecule has 0 bridgehead atoms. The van der Waals surface area contributed by atoms with Crippen molar-refractivity contribution in [2.24, 2.45) is 5.73 Å². The second-order valence-electron chi connectivity index (χ2n) is 4.56. The van der Waals surface area contributed by atoms with E-state index in [2.05, 4.69) is 17.2 Å². The number of ether oxygens (including phenoxy) is 1. The van der Waals surface area contributed by atoms with Crippen LogP contribution in [0, 0.1) is 0 Å². The Bertz CT molecular complexity index is 416. The third-order valence-electron chi connectivity index (χ3n) is 3.09. The van der Waals surface area contributed by atoms with Crippen LogP contribution in [0.3, 0.4) is 0 Å². The van der Waals surface area contributed by atoms with Crippen molar-refractivity contribution < 1.29 is 4.74 Å². The van der Waals surface area contributed by atoms with E-state index < -0.39 is 0 Å². The van der Waals surface area contributed by atoms with Gasteiger partial charge in [-0.05, 0) is 31.9 Å². The Labute approximate surface area is 107 Å². The number of hydrogen-bond acceptors (Lipinski definition) is 4. The third kappa shape index (κ3) is 2.92. The van der Waals surface area contributed by atoms with Crippen LogP contribution < -0.4 is 11.1 Å². The van der Waals surface area contributed by atoms with Crippen LogP contribution in [0.25, 0.3) is 0 Å². The molecule has 2 heterocycles. The Morgan fingerprint density at radius 1 is 1.53 bits per heavy atom. The lowest BCUT2D eigenvalue weighted by molar-refractivity contribution is 0.0657. The predicted molar refractivity (Wildman–Crippen MR) is 72.2 cm³/mol. The first-order valence-corrected chi connectivity index (χ1v) is 6.12. The summed E-state index contributed by atoms with van der Waals surface area (Å²) in [4.78, 5) is 4.69. The minimum Gasteiger partial charge on any atom is -0.389 e. The second kappa shape index (κ2) is 4.98. The third-order valence-corrected chi connectivity index (χ3v) is 3.31. The van der Waals surface area contributed by atoms with Gasteiger partial charge in [0.25, 0.3) is 0 Å². The number of rotatable bonds is 3. The van der Waals surface area contributed by atoms with E-state index in [0.29, 0.717) is 4.99 Å². The van der Waals surface area contributed by atoms with Gasteiger partial charge in [0.05, 0.1) is 5.56 Å². The lowest BCUT2D eigenvalue weighted by atomic mass is 9.92. The van der Waals surface area contributed by atoms with Crippen LogP contribution in [0.1, 0.15) is 25.3 Å². The van der Waals surface area contributed by atoms with Crippen molar-refractivity contribution in [1.29, 1.82) is 0 Å². The average Bonchev–Trinajstić information content (AvgIpc) is 2.29. The highest BCUT2D eigenvalue weighted by Gasteiger charge is 2.28. The summed E-state index contributed by atoms with van der Waals surface area (Å²) in [7, 11) is 0. The van der Waals surface area contributed by atoms with Gasteiger partial charge in [-0.25, -0.2) is 4.98 Å². The molecule has 4 nitrogen and oxygen atoms in total. The van der Waals surface area contributed by atoms with Crippen molar-refractivity contribution in [3.05, 3.63) is 23.9 Å². The summed E-state index contributed by atoms with van der Waals surface area (Å²) in [6.07, 6.45) is 3.66. The van der Waals surface area contributed by atoms with Gasteiger partial charge in [0.15, 0.2) is 0 Å². The smallest absolute Gasteiger partial charge is 0.136 e. The van der Waals surface area contributed by atoms with Gasteiger partial charge in [-0.2, -0.15) is 0 Å². The summed E-state index contributed by atoms with van der Waals surface area (Å²) >= 11 is 5.03. The number of aromatic nitrogens is 1. The molecule has 3 N–H and O–H groups in total. The number of nitrogens with one attached hydrogen (secondary N) is 1. The van der Waals surface area contributed by atoms with Crippen molar-refractivity contribution >= 4 is 23.0 Å². The van der Waals surface area contributed by atoms with Crippen LogP contribution in [0.4, 0.5) is 5.82 Å². The van der Waals surface area contributed by atoms with Crippen molar-refractivity contribution in [2.75, 3.05) is 18.5 Å². The molecule has 0 radical (unpaired) electrons. The second-order valence-corrected chi connectivity index (χ2v) is 5.00. The van der Waals surface area contributed by atoms with E-state index in [1.54, 1.807) is 6.20 Å². The van der Waals surface area contributed by atoms with Crippen LogP contribution in [0.15, 0.2) is 18.3 Å². The van der Waals surface area contributed by atoms with Crippen LogP contribution in [-0.4, -0.2) is 28.7 Å². The highest BCUT2D eigenvalue weighted by Crippen LogP contribution is 2.25. The van der Waals surface area contributed by atoms with Crippen molar-refractivity contribution in [3.8, 4) is 0 Å². The lowest BCUT2D eigenvalue weighted by Crippen LogP contribution is -2.41. The normalized spacial score (nSPS) is 18.6. The number of thiocarbonyl (C=S) groups is 1. The van der Waals surface area contributed by atoms with Gasteiger partial charge < -0.3 is 15.8 Å². The fourth-order valence-electron chi connectivity index (χ4n) is 1.94. The van der Waals surface area contributed by atoms with Crippen molar-refractivity contribution in [3.63, 3.8) is 0 Å². The van der Waals surface area contributed by atoms with Gasteiger partial charge in [0.2, 0.25) is 0 Å². The Balaban J connectivity index is 2.20. The van der Waals surface area contributed by atoms with Gasteiger partial charge in [-0.1, -0.05) is 12.2 Å². The van der Waals surface area contributed by atoms with E-state index in [9.17, 15) is 0 Å². The molecule has 2 rings (SSSR count). The van der Waals surface area contributed by atoms with Gasteiger partial charge in [-0.15, -0.1) is 0 Å². The van der Waals surface area contributed by atoms with Crippen molar-refractivity contribution in [2.45, 2.75) is 25.3 Å². The standard InChI is InChI=1S/C12H17N3OS/c1-12(4-7-16-8-5-12)15-11-9(10(13)17)3-2-6-14-11/h2-3,6H,4-5,7-8H2,1H3,(H2,13,17)(H,14,15). The summed E-state index contributed by atoms with van der Waals surface area (Å²) in [5, 5.41) is 3.45. The van der Waals surface area contributed by atoms with Crippen LogP contribution >= 0.6 is 12.2 Å². The number of pyridine rings is 1. The Hall–Kier alpha value is -1.20. The first-order valence-electron chi connectivity index (χ1n) is 5.71. The Morgan fingerprint density at radius 3 is 2.88 bits per heavy atom. The Kier molecular flexibility index (Phi) is 3.59. The molecule has 1 aliphatic rings. The monoisotopic (exact) mass is 251 g/mol. The molecular formula is C12H17N3OS. The zero-order valence-corrected chi connectivity index (χ0v) is 10.7. The van der Waals surface area contributed by atoms with Crippen molar-refractivity contribution in [1.82, 2.24) is 4.98 Å². The molecule has 0 saturated carbocycles. The molecule has 0 aliphatic carbocycles. The first kappa shape index (κ1) is 12.3. The molecule has 0 amide bonds. The summed E-state index contributed by atoms with van der Waals surface area (Å²) < 4.78 is 5.37. The molecule has 0 unspecified atom stereocenters. The van der Waals surface area contributed by atoms with E-state index in [0.717, 1.165) is 37.4 Å². The van der Waals surface area contributed by atoms with Gasteiger partial charge >= 0.3 is 0 Å². The van der Waals surface area contributed by atoms with E-state index in [-0.39, 0.29) is 5.54 Å². The van der Waals surface area contributed by atoms with Gasteiger partial charge in [-0.3, -0.25) is 0 Å². The fourth-order valence-corrected chi connectivity index (χ4v) is 2.10. The van der Waals surface area contributed by atoms with Crippen LogP contribution in [0.2, 0.25) is 0 Å².